The highest BCUT2D eigenvalue weighted by Gasteiger charge is 2.45. The van der Waals surface area contributed by atoms with Gasteiger partial charge in [0.05, 0.1) is 5.60 Å². The van der Waals surface area contributed by atoms with Gasteiger partial charge in [0.2, 0.25) is 0 Å². The highest BCUT2D eigenvalue weighted by Crippen LogP contribution is 2.45. The quantitative estimate of drug-likeness (QED) is 0.902. The second-order valence-corrected chi connectivity index (χ2v) is 7.85. The first-order chi connectivity index (χ1) is 9.52. The van der Waals surface area contributed by atoms with Gasteiger partial charge in [-0.2, -0.15) is 11.8 Å². The molecule has 2 aliphatic heterocycles. The monoisotopic (exact) mass is 311 g/mol. The van der Waals surface area contributed by atoms with Crippen LogP contribution in [0.3, 0.4) is 0 Å². The molecule has 20 heavy (non-hydrogen) atoms. The summed E-state index contributed by atoms with van der Waals surface area (Å²) >= 11 is 7.99. The maximum Gasteiger partial charge on any atom is 0.0783 e. The molecule has 110 valence electrons. The van der Waals surface area contributed by atoms with Gasteiger partial charge < -0.3 is 10.5 Å². The lowest BCUT2D eigenvalue weighted by molar-refractivity contribution is -0.0917. The fourth-order valence-corrected chi connectivity index (χ4v) is 4.95. The van der Waals surface area contributed by atoms with Gasteiger partial charge in [-0.05, 0) is 55.6 Å². The van der Waals surface area contributed by atoms with Gasteiger partial charge in [-0.25, -0.2) is 0 Å². The first-order valence-corrected chi connectivity index (χ1v) is 8.82. The Hall–Kier alpha value is -0.220. The molecule has 4 heteroatoms. The second-order valence-electron chi connectivity index (χ2n) is 6.31. The number of thioether (sulfide) groups is 1. The number of nitrogens with two attached hydrogens (primary N) is 1. The number of rotatable bonds is 2. The van der Waals surface area contributed by atoms with Gasteiger partial charge in [0.15, 0.2) is 0 Å². The lowest BCUT2D eigenvalue weighted by Gasteiger charge is -2.44. The van der Waals surface area contributed by atoms with E-state index in [0.29, 0.717) is 5.92 Å². The molecule has 2 N–H and O–H groups in total. The SMILES string of the molecule is CC(N)(c1ccc(Cl)cc1)C1CCOC2(CCSC2)C1. The number of halogens is 1. The Kier molecular flexibility index (Phi) is 4.06. The van der Waals surface area contributed by atoms with E-state index in [1.54, 1.807) is 0 Å². The molecular weight excluding hydrogens is 290 g/mol. The minimum Gasteiger partial charge on any atom is -0.374 e. The van der Waals surface area contributed by atoms with Crippen molar-refractivity contribution in [2.75, 3.05) is 18.1 Å². The summed E-state index contributed by atoms with van der Waals surface area (Å²) in [6, 6.07) is 7.99. The van der Waals surface area contributed by atoms with E-state index in [-0.39, 0.29) is 11.1 Å². The second kappa shape index (κ2) is 5.53. The summed E-state index contributed by atoms with van der Waals surface area (Å²) in [5.41, 5.74) is 7.66. The first kappa shape index (κ1) is 14.7. The van der Waals surface area contributed by atoms with Crippen LogP contribution in [-0.4, -0.2) is 23.7 Å². The zero-order chi connectivity index (χ0) is 14.2. The zero-order valence-corrected chi connectivity index (χ0v) is 13.5. The smallest absolute Gasteiger partial charge is 0.0783 e. The Bertz CT molecular complexity index is 468. The molecule has 0 aliphatic carbocycles. The van der Waals surface area contributed by atoms with Gasteiger partial charge in [0.1, 0.15) is 0 Å². The normalized spacial score (nSPS) is 33.2. The van der Waals surface area contributed by atoms with E-state index in [1.165, 1.54) is 17.7 Å². The Morgan fingerprint density at radius 3 is 2.80 bits per heavy atom. The molecule has 1 aromatic carbocycles. The summed E-state index contributed by atoms with van der Waals surface area (Å²) in [5, 5.41) is 0.764. The predicted octanol–water partition coefficient (Wildman–Crippen LogP) is 3.82. The van der Waals surface area contributed by atoms with E-state index in [0.717, 1.165) is 30.2 Å². The maximum absolute atomic E-state index is 6.71. The Labute approximate surface area is 130 Å². The standard InChI is InChI=1S/C16H22ClNOS/c1-15(18,12-2-4-14(17)5-3-12)13-6-8-19-16(10-13)7-9-20-11-16/h2-5,13H,6-11,18H2,1H3. The number of benzene rings is 1. The van der Waals surface area contributed by atoms with E-state index in [2.05, 4.69) is 19.1 Å². The summed E-state index contributed by atoms with van der Waals surface area (Å²) in [6.45, 7) is 2.99. The molecule has 0 radical (unpaired) electrons. The number of hydrogen-bond donors (Lipinski definition) is 1. The van der Waals surface area contributed by atoms with Crippen LogP contribution in [0.25, 0.3) is 0 Å². The molecular formula is C16H22ClNOS. The van der Waals surface area contributed by atoms with Crippen LogP contribution in [-0.2, 0) is 10.3 Å². The lowest BCUT2D eigenvalue weighted by atomic mass is 9.72. The average molecular weight is 312 g/mol. The highest BCUT2D eigenvalue weighted by molar-refractivity contribution is 7.99. The van der Waals surface area contributed by atoms with E-state index >= 15 is 0 Å². The van der Waals surface area contributed by atoms with Gasteiger partial charge in [-0.15, -0.1) is 0 Å². The van der Waals surface area contributed by atoms with Gasteiger partial charge in [-0.1, -0.05) is 23.7 Å². The Morgan fingerprint density at radius 1 is 1.40 bits per heavy atom. The number of hydrogen-bond acceptors (Lipinski definition) is 3. The van der Waals surface area contributed by atoms with Crippen molar-refractivity contribution in [2.24, 2.45) is 11.7 Å². The van der Waals surface area contributed by atoms with Crippen LogP contribution < -0.4 is 5.73 Å². The maximum atomic E-state index is 6.71. The molecule has 2 nitrogen and oxygen atoms in total. The molecule has 0 aromatic heterocycles. The van der Waals surface area contributed by atoms with Crippen LogP contribution in [0.1, 0.15) is 31.7 Å². The molecule has 1 spiro atoms. The molecule has 2 fully saturated rings. The summed E-state index contributed by atoms with van der Waals surface area (Å²) in [4.78, 5) is 0. The zero-order valence-electron chi connectivity index (χ0n) is 11.9. The van der Waals surface area contributed by atoms with E-state index in [9.17, 15) is 0 Å². The van der Waals surface area contributed by atoms with Crippen molar-refractivity contribution in [1.29, 1.82) is 0 Å². The van der Waals surface area contributed by atoms with Crippen LogP contribution in [0.5, 0.6) is 0 Å². The van der Waals surface area contributed by atoms with Crippen molar-refractivity contribution in [3.63, 3.8) is 0 Å². The summed E-state index contributed by atoms with van der Waals surface area (Å²) in [6.07, 6.45) is 3.29. The molecule has 0 saturated carbocycles. The first-order valence-electron chi connectivity index (χ1n) is 7.29. The van der Waals surface area contributed by atoms with Crippen molar-refractivity contribution in [3.05, 3.63) is 34.9 Å². The van der Waals surface area contributed by atoms with Gasteiger partial charge in [-0.3, -0.25) is 0 Å². The van der Waals surface area contributed by atoms with E-state index in [4.69, 9.17) is 22.1 Å². The van der Waals surface area contributed by atoms with Crippen LogP contribution in [0, 0.1) is 5.92 Å². The lowest BCUT2D eigenvalue weighted by Crippen LogP contribution is -2.50. The topological polar surface area (TPSA) is 35.2 Å². The predicted molar refractivity (Wildman–Crippen MR) is 86.3 cm³/mol. The fraction of sp³-hybridized carbons (Fsp3) is 0.625. The van der Waals surface area contributed by atoms with Gasteiger partial charge >= 0.3 is 0 Å². The molecule has 3 atom stereocenters. The van der Waals surface area contributed by atoms with Crippen LogP contribution in [0.4, 0.5) is 0 Å². The molecule has 0 amide bonds. The molecule has 2 saturated heterocycles. The van der Waals surface area contributed by atoms with Crippen molar-refractivity contribution in [2.45, 2.75) is 37.3 Å². The van der Waals surface area contributed by atoms with Crippen molar-refractivity contribution >= 4 is 23.4 Å². The summed E-state index contributed by atoms with van der Waals surface area (Å²) in [7, 11) is 0. The van der Waals surface area contributed by atoms with Crippen molar-refractivity contribution in [3.8, 4) is 0 Å². The average Bonchev–Trinajstić information content (AvgIpc) is 2.87. The van der Waals surface area contributed by atoms with Crippen LogP contribution in [0.2, 0.25) is 5.02 Å². The molecule has 3 rings (SSSR count). The molecule has 1 aromatic rings. The molecule has 2 heterocycles. The van der Waals surface area contributed by atoms with Crippen LogP contribution >= 0.6 is 23.4 Å². The highest BCUT2D eigenvalue weighted by atomic mass is 35.5. The number of ether oxygens (including phenoxy) is 1. The molecule has 0 bridgehead atoms. The molecule has 3 unspecified atom stereocenters. The fourth-order valence-electron chi connectivity index (χ4n) is 3.45. The minimum absolute atomic E-state index is 0.0840. The van der Waals surface area contributed by atoms with Gasteiger partial charge in [0, 0.05) is 22.9 Å². The van der Waals surface area contributed by atoms with E-state index < -0.39 is 0 Å². The van der Waals surface area contributed by atoms with Gasteiger partial charge in [0.25, 0.3) is 0 Å². The van der Waals surface area contributed by atoms with Crippen LogP contribution in [0.15, 0.2) is 24.3 Å². The Balaban J connectivity index is 1.81. The third-order valence-corrected chi connectivity index (χ3v) is 6.35. The third kappa shape index (κ3) is 2.74. The summed E-state index contributed by atoms with van der Waals surface area (Å²) < 4.78 is 6.11. The van der Waals surface area contributed by atoms with Crippen molar-refractivity contribution in [1.82, 2.24) is 0 Å². The summed E-state index contributed by atoms with van der Waals surface area (Å²) in [5.74, 6) is 2.81. The van der Waals surface area contributed by atoms with Crippen molar-refractivity contribution < 1.29 is 4.74 Å². The minimum atomic E-state index is -0.311. The Morgan fingerprint density at radius 2 is 2.15 bits per heavy atom. The third-order valence-electron chi connectivity index (χ3n) is 4.87. The molecule has 2 aliphatic rings. The van der Waals surface area contributed by atoms with E-state index in [1.807, 2.05) is 23.9 Å². The largest absolute Gasteiger partial charge is 0.374 e.